The van der Waals surface area contributed by atoms with Gasteiger partial charge in [-0.25, -0.2) is 0 Å². The molecule has 1 atom stereocenters. The lowest BCUT2D eigenvalue weighted by Crippen LogP contribution is -2.34. The van der Waals surface area contributed by atoms with Crippen molar-refractivity contribution < 1.29 is 14.3 Å². The Morgan fingerprint density at radius 3 is 2.62 bits per heavy atom. The summed E-state index contributed by atoms with van der Waals surface area (Å²) in [7, 11) is 1.66. The molecule has 1 N–H and O–H groups in total. The van der Waals surface area contributed by atoms with Crippen LogP contribution in [0, 0.1) is 0 Å². The highest BCUT2D eigenvalue weighted by Gasteiger charge is 2.12. The summed E-state index contributed by atoms with van der Waals surface area (Å²) in [5.41, 5.74) is 1.13. The van der Waals surface area contributed by atoms with Crippen molar-refractivity contribution in [3.05, 3.63) is 42.0 Å². The Hall–Kier alpha value is -2.07. The molecule has 4 nitrogen and oxygen atoms in total. The smallest absolute Gasteiger partial charge is 0.322 e. The number of hydrogen-bond acceptors (Lipinski definition) is 4. The van der Waals surface area contributed by atoms with Crippen LogP contribution in [0.4, 0.5) is 0 Å². The molecular weight excluding hydrogens is 266 g/mol. The number of nitrogens with one attached hydrogen (secondary N) is 1. The van der Waals surface area contributed by atoms with E-state index in [9.17, 15) is 4.79 Å². The fourth-order valence-corrected chi connectivity index (χ4v) is 2.13. The minimum atomic E-state index is -0.309. The van der Waals surface area contributed by atoms with Crippen LogP contribution in [-0.4, -0.2) is 25.7 Å². The number of rotatable bonds is 6. The van der Waals surface area contributed by atoms with Crippen molar-refractivity contribution in [1.82, 2.24) is 5.32 Å². The molecule has 2 rings (SSSR count). The van der Waals surface area contributed by atoms with Crippen molar-refractivity contribution in [2.24, 2.45) is 0 Å². The van der Waals surface area contributed by atoms with E-state index < -0.39 is 0 Å². The second-order valence-electron chi connectivity index (χ2n) is 4.90. The molecule has 0 aromatic heterocycles. The average molecular weight is 287 g/mol. The summed E-state index contributed by atoms with van der Waals surface area (Å²) in [6.45, 7) is 4.65. The number of fused-ring (bicyclic) bond motifs is 1. The summed E-state index contributed by atoms with van der Waals surface area (Å²) >= 11 is 0. The summed E-state index contributed by atoms with van der Waals surface area (Å²) < 4.78 is 10.2. The highest BCUT2D eigenvalue weighted by atomic mass is 16.5. The number of ether oxygens (including phenoxy) is 2. The number of hydrogen-bond donors (Lipinski definition) is 1. The maximum Gasteiger partial charge on any atom is 0.322 e. The van der Waals surface area contributed by atoms with Crippen LogP contribution in [0.5, 0.6) is 5.75 Å². The topological polar surface area (TPSA) is 47.6 Å². The molecule has 0 fully saturated rings. The van der Waals surface area contributed by atoms with Gasteiger partial charge in [-0.1, -0.05) is 18.2 Å². The second-order valence-corrected chi connectivity index (χ2v) is 4.90. The van der Waals surface area contributed by atoms with Crippen molar-refractivity contribution in [2.75, 3.05) is 13.7 Å². The third-order valence-corrected chi connectivity index (χ3v) is 3.36. The lowest BCUT2D eigenvalue weighted by molar-refractivity contribution is -0.145. The maximum absolute atomic E-state index is 11.5. The molecule has 21 heavy (non-hydrogen) atoms. The third kappa shape index (κ3) is 3.95. The fraction of sp³-hybridized carbons (Fsp3) is 0.353. The SMILES string of the molecule is CCOC(=O)C(C)NCc1ccc2cc(OC)ccc2c1. The Kier molecular flexibility index (Phi) is 5.17. The molecule has 0 radical (unpaired) electrons. The van der Waals surface area contributed by atoms with Crippen LogP contribution < -0.4 is 10.1 Å². The lowest BCUT2D eigenvalue weighted by atomic mass is 10.1. The van der Waals surface area contributed by atoms with E-state index in [1.54, 1.807) is 7.11 Å². The molecule has 0 aliphatic carbocycles. The first-order chi connectivity index (χ1) is 10.1. The Bertz CT molecular complexity index is 624. The van der Waals surface area contributed by atoms with Crippen LogP contribution in [0.3, 0.4) is 0 Å². The molecule has 0 aliphatic heterocycles. The van der Waals surface area contributed by atoms with Crippen molar-refractivity contribution in [3.8, 4) is 5.75 Å². The number of carbonyl (C=O) groups excluding carboxylic acids is 1. The van der Waals surface area contributed by atoms with E-state index >= 15 is 0 Å². The summed E-state index contributed by atoms with van der Waals surface area (Å²) in [6.07, 6.45) is 0. The first-order valence-electron chi connectivity index (χ1n) is 7.10. The van der Waals surface area contributed by atoms with Crippen LogP contribution in [0.2, 0.25) is 0 Å². The van der Waals surface area contributed by atoms with Crippen LogP contribution in [0.15, 0.2) is 36.4 Å². The molecule has 0 saturated heterocycles. The van der Waals surface area contributed by atoms with Gasteiger partial charge >= 0.3 is 5.97 Å². The Morgan fingerprint density at radius 1 is 1.19 bits per heavy atom. The Morgan fingerprint density at radius 2 is 1.90 bits per heavy atom. The van der Waals surface area contributed by atoms with E-state index in [2.05, 4.69) is 17.4 Å². The van der Waals surface area contributed by atoms with Gasteiger partial charge in [0.1, 0.15) is 11.8 Å². The van der Waals surface area contributed by atoms with Gasteiger partial charge in [0, 0.05) is 6.54 Å². The van der Waals surface area contributed by atoms with Crippen molar-refractivity contribution in [3.63, 3.8) is 0 Å². The van der Waals surface area contributed by atoms with Gasteiger partial charge in [-0.15, -0.1) is 0 Å². The van der Waals surface area contributed by atoms with Gasteiger partial charge in [0.15, 0.2) is 0 Å². The molecule has 0 bridgehead atoms. The lowest BCUT2D eigenvalue weighted by Gasteiger charge is -2.13. The predicted octanol–water partition coefficient (Wildman–Crippen LogP) is 2.89. The zero-order valence-electron chi connectivity index (χ0n) is 12.7. The summed E-state index contributed by atoms with van der Waals surface area (Å²) in [5, 5.41) is 5.46. The molecule has 2 aromatic carbocycles. The number of esters is 1. The van der Waals surface area contributed by atoms with E-state index in [4.69, 9.17) is 9.47 Å². The molecular formula is C17H21NO3. The minimum Gasteiger partial charge on any atom is -0.497 e. The first-order valence-corrected chi connectivity index (χ1v) is 7.10. The molecule has 0 aliphatic rings. The second kappa shape index (κ2) is 7.09. The molecule has 1 unspecified atom stereocenters. The van der Waals surface area contributed by atoms with Gasteiger partial charge in [0.25, 0.3) is 0 Å². The Balaban J connectivity index is 2.04. The predicted molar refractivity (Wildman–Crippen MR) is 83.4 cm³/mol. The summed E-state index contributed by atoms with van der Waals surface area (Å²) in [5.74, 6) is 0.632. The largest absolute Gasteiger partial charge is 0.497 e. The monoisotopic (exact) mass is 287 g/mol. The number of benzene rings is 2. The molecule has 2 aromatic rings. The molecule has 0 saturated carbocycles. The first kappa shape index (κ1) is 15.3. The van der Waals surface area contributed by atoms with E-state index in [1.807, 2.05) is 38.1 Å². The van der Waals surface area contributed by atoms with Crippen molar-refractivity contribution in [2.45, 2.75) is 26.4 Å². The highest BCUT2D eigenvalue weighted by Crippen LogP contribution is 2.21. The zero-order chi connectivity index (χ0) is 15.2. The summed E-state index contributed by atoms with van der Waals surface area (Å²) in [6, 6.07) is 11.9. The summed E-state index contributed by atoms with van der Waals surface area (Å²) in [4.78, 5) is 11.5. The highest BCUT2D eigenvalue weighted by molar-refractivity contribution is 5.84. The van der Waals surface area contributed by atoms with E-state index in [1.165, 1.54) is 0 Å². The minimum absolute atomic E-state index is 0.219. The molecule has 0 amide bonds. The van der Waals surface area contributed by atoms with Gasteiger partial charge in [0.2, 0.25) is 0 Å². The van der Waals surface area contributed by atoms with Gasteiger partial charge in [-0.2, -0.15) is 0 Å². The average Bonchev–Trinajstić information content (AvgIpc) is 2.52. The van der Waals surface area contributed by atoms with E-state index in [0.29, 0.717) is 13.2 Å². The van der Waals surface area contributed by atoms with Crippen molar-refractivity contribution >= 4 is 16.7 Å². The molecule has 0 heterocycles. The van der Waals surface area contributed by atoms with Gasteiger partial charge in [-0.3, -0.25) is 4.79 Å². The number of carbonyl (C=O) groups is 1. The van der Waals surface area contributed by atoms with Gasteiger partial charge in [-0.05, 0) is 48.4 Å². The Labute approximate surface area is 125 Å². The van der Waals surface area contributed by atoms with Crippen LogP contribution in [-0.2, 0) is 16.1 Å². The fourth-order valence-electron chi connectivity index (χ4n) is 2.13. The van der Waals surface area contributed by atoms with Gasteiger partial charge < -0.3 is 14.8 Å². The standard InChI is InChI=1S/C17H21NO3/c1-4-21-17(19)12(2)18-11-13-5-6-15-10-16(20-3)8-7-14(15)9-13/h5-10,12,18H,4,11H2,1-3H3. The van der Waals surface area contributed by atoms with Crippen molar-refractivity contribution in [1.29, 1.82) is 0 Å². The normalized spacial score (nSPS) is 12.1. The third-order valence-electron chi connectivity index (χ3n) is 3.36. The molecule has 4 heteroatoms. The molecule has 0 spiro atoms. The number of methoxy groups -OCH3 is 1. The van der Waals surface area contributed by atoms with E-state index in [-0.39, 0.29) is 12.0 Å². The van der Waals surface area contributed by atoms with Crippen LogP contribution in [0.1, 0.15) is 19.4 Å². The quantitative estimate of drug-likeness (QED) is 0.830. The van der Waals surface area contributed by atoms with Crippen LogP contribution >= 0.6 is 0 Å². The zero-order valence-corrected chi connectivity index (χ0v) is 12.7. The van der Waals surface area contributed by atoms with Crippen LogP contribution in [0.25, 0.3) is 10.8 Å². The van der Waals surface area contributed by atoms with Gasteiger partial charge in [0.05, 0.1) is 13.7 Å². The molecule has 112 valence electrons. The van der Waals surface area contributed by atoms with E-state index in [0.717, 1.165) is 22.1 Å². The maximum atomic E-state index is 11.5.